The van der Waals surface area contributed by atoms with Crippen molar-refractivity contribution in [2.24, 2.45) is 5.92 Å². The van der Waals surface area contributed by atoms with Crippen LogP contribution in [0.15, 0.2) is 36.7 Å². The van der Waals surface area contributed by atoms with Crippen LogP contribution < -0.4 is 16.0 Å². The molecule has 1 aromatic heterocycles. The number of piperidine rings is 1. The van der Waals surface area contributed by atoms with Gasteiger partial charge in [0, 0.05) is 24.0 Å². The summed E-state index contributed by atoms with van der Waals surface area (Å²) in [5.41, 5.74) is 2.88. The molecule has 0 unspecified atom stereocenters. The Bertz CT molecular complexity index is 593. The van der Waals surface area contributed by atoms with Crippen LogP contribution in [0.1, 0.15) is 12.8 Å². The topological polar surface area (TPSA) is 81.8 Å². The minimum absolute atomic E-state index is 0. The van der Waals surface area contributed by atoms with Crippen LogP contribution in [0.2, 0.25) is 0 Å². The van der Waals surface area contributed by atoms with E-state index in [1.165, 1.54) is 0 Å². The fraction of sp³-hybridized carbons (Fsp3) is 0.375. The molecule has 3 rings (SSSR count). The molecule has 6 nitrogen and oxygen atoms in total. The standard InChI is InChI=1S/C16H21N5O.ClH/c22-16(18-9-12-5-7-17-8-6-12)21-15-3-1-13(2-4-15)14-10-19-20-11-14;/h1-4,10-12,17H,5-9H2,(H,19,20)(H2,18,21,22);1H. The fourth-order valence-corrected chi connectivity index (χ4v) is 2.65. The van der Waals surface area contributed by atoms with E-state index in [9.17, 15) is 4.79 Å². The van der Waals surface area contributed by atoms with Crippen molar-refractivity contribution in [2.45, 2.75) is 12.8 Å². The number of hydrogen-bond donors (Lipinski definition) is 4. The molecule has 1 saturated heterocycles. The second kappa shape index (κ2) is 8.55. The van der Waals surface area contributed by atoms with Gasteiger partial charge >= 0.3 is 6.03 Å². The number of nitrogens with zero attached hydrogens (tertiary/aromatic N) is 1. The van der Waals surface area contributed by atoms with Gasteiger partial charge in [-0.1, -0.05) is 12.1 Å². The monoisotopic (exact) mass is 335 g/mol. The van der Waals surface area contributed by atoms with Gasteiger partial charge < -0.3 is 16.0 Å². The maximum atomic E-state index is 11.9. The van der Waals surface area contributed by atoms with E-state index in [2.05, 4.69) is 26.1 Å². The van der Waals surface area contributed by atoms with Gasteiger partial charge in [-0.25, -0.2) is 4.79 Å². The molecule has 0 saturated carbocycles. The number of amides is 2. The molecule has 23 heavy (non-hydrogen) atoms. The van der Waals surface area contributed by atoms with Crippen LogP contribution in [0.5, 0.6) is 0 Å². The summed E-state index contributed by atoms with van der Waals surface area (Å²) in [6, 6.07) is 7.58. The molecule has 7 heteroatoms. The third-order valence-electron chi connectivity index (χ3n) is 3.98. The highest BCUT2D eigenvalue weighted by atomic mass is 35.5. The summed E-state index contributed by atoms with van der Waals surface area (Å²) in [6.07, 6.45) is 5.86. The first kappa shape index (κ1) is 17.3. The van der Waals surface area contributed by atoms with Crippen molar-refractivity contribution in [1.29, 1.82) is 0 Å². The van der Waals surface area contributed by atoms with E-state index in [0.717, 1.165) is 49.3 Å². The fourth-order valence-electron chi connectivity index (χ4n) is 2.65. The van der Waals surface area contributed by atoms with Crippen molar-refractivity contribution < 1.29 is 4.79 Å². The molecule has 1 aliphatic heterocycles. The van der Waals surface area contributed by atoms with Gasteiger partial charge in [0.15, 0.2) is 0 Å². The number of anilines is 1. The number of aromatic amines is 1. The Balaban J connectivity index is 0.00000192. The first-order chi connectivity index (χ1) is 10.8. The highest BCUT2D eigenvalue weighted by Crippen LogP contribution is 2.19. The number of nitrogens with one attached hydrogen (secondary N) is 4. The van der Waals surface area contributed by atoms with Crippen molar-refractivity contribution in [3.05, 3.63) is 36.7 Å². The van der Waals surface area contributed by atoms with Gasteiger partial charge in [0.25, 0.3) is 0 Å². The molecule has 2 aromatic rings. The molecular weight excluding hydrogens is 314 g/mol. The Morgan fingerprint density at radius 2 is 1.91 bits per heavy atom. The third-order valence-corrected chi connectivity index (χ3v) is 3.98. The molecule has 1 aliphatic rings. The number of carbonyl (C=O) groups is 1. The zero-order chi connectivity index (χ0) is 15.2. The molecule has 1 fully saturated rings. The number of urea groups is 1. The van der Waals surface area contributed by atoms with E-state index in [4.69, 9.17) is 0 Å². The van der Waals surface area contributed by atoms with Crippen LogP contribution in [-0.2, 0) is 0 Å². The number of halogens is 1. The predicted octanol–water partition coefficient (Wildman–Crippen LogP) is 2.62. The molecule has 0 spiro atoms. The number of rotatable bonds is 4. The summed E-state index contributed by atoms with van der Waals surface area (Å²) >= 11 is 0. The summed E-state index contributed by atoms with van der Waals surface area (Å²) in [5, 5.41) is 15.9. The van der Waals surface area contributed by atoms with Crippen LogP contribution in [0.4, 0.5) is 10.5 Å². The SMILES string of the molecule is Cl.O=C(NCC1CCNCC1)Nc1ccc(-c2cn[nH]c2)cc1. The Hall–Kier alpha value is -2.05. The lowest BCUT2D eigenvalue weighted by molar-refractivity contribution is 0.248. The maximum Gasteiger partial charge on any atom is 0.319 e. The Morgan fingerprint density at radius 1 is 1.17 bits per heavy atom. The minimum atomic E-state index is -0.144. The first-order valence-corrected chi connectivity index (χ1v) is 7.66. The van der Waals surface area contributed by atoms with Crippen LogP contribution in [-0.4, -0.2) is 35.9 Å². The quantitative estimate of drug-likeness (QED) is 0.693. The molecule has 0 radical (unpaired) electrons. The zero-order valence-corrected chi connectivity index (χ0v) is 13.7. The lowest BCUT2D eigenvalue weighted by atomic mass is 9.98. The lowest BCUT2D eigenvalue weighted by Crippen LogP contribution is -2.37. The van der Waals surface area contributed by atoms with E-state index in [-0.39, 0.29) is 18.4 Å². The van der Waals surface area contributed by atoms with E-state index < -0.39 is 0 Å². The van der Waals surface area contributed by atoms with Gasteiger partial charge in [0.05, 0.1) is 6.20 Å². The van der Waals surface area contributed by atoms with Gasteiger partial charge in [-0.2, -0.15) is 5.10 Å². The molecule has 0 atom stereocenters. The summed E-state index contributed by atoms with van der Waals surface area (Å²) in [6.45, 7) is 2.83. The van der Waals surface area contributed by atoms with Gasteiger partial charge in [0.2, 0.25) is 0 Å². The number of carbonyl (C=O) groups excluding carboxylic acids is 1. The van der Waals surface area contributed by atoms with Crippen molar-refractivity contribution in [2.75, 3.05) is 25.0 Å². The average Bonchev–Trinajstić information content (AvgIpc) is 3.09. The lowest BCUT2D eigenvalue weighted by Gasteiger charge is -2.22. The second-order valence-corrected chi connectivity index (χ2v) is 5.59. The van der Waals surface area contributed by atoms with Crippen LogP contribution in [0.25, 0.3) is 11.1 Å². The smallest absolute Gasteiger partial charge is 0.319 e. The summed E-state index contributed by atoms with van der Waals surface area (Å²) < 4.78 is 0. The zero-order valence-electron chi connectivity index (χ0n) is 12.8. The normalized spacial score (nSPS) is 14.8. The van der Waals surface area contributed by atoms with Crippen LogP contribution >= 0.6 is 12.4 Å². The van der Waals surface area contributed by atoms with Gasteiger partial charge in [-0.05, 0) is 49.5 Å². The minimum Gasteiger partial charge on any atom is -0.338 e. The number of hydrogen-bond acceptors (Lipinski definition) is 3. The third kappa shape index (κ3) is 4.97. The van der Waals surface area contributed by atoms with Crippen LogP contribution in [0, 0.1) is 5.92 Å². The van der Waals surface area contributed by atoms with Gasteiger partial charge in [-0.15, -0.1) is 12.4 Å². The number of H-pyrrole nitrogens is 1. The summed E-state index contributed by atoms with van der Waals surface area (Å²) in [4.78, 5) is 11.9. The van der Waals surface area contributed by atoms with Crippen molar-refractivity contribution in [1.82, 2.24) is 20.8 Å². The van der Waals surface area contributed by atoms with Crippen molar-refractivity contribution >= 4 is 24.1 Å². The van der Waals surface area contributed by atoms with E-state index in [1.807, 2.05) is 30.5 Å². The predicted molar refractivity (Wildman–Crippen MR) is 93.9 cm³/mol. The molecule has 1 aromatic carbocycles. The van der Waals surface area contributed by atoms with E-state index in [0.29, 0.717) is 5.92 Å². The highest BCUT2D eigenvalue weighted by Gasteiger charge is 2.13. The summed E-state index contributed by atoms with van der Waals surface area (Å²) in [7, 11) is 0. The molecule has 2 amide bonds. The van der Waals surface area contributed by atoms with Gasteiger partial charge in [-0.3, -0.25) is 5.10 Å². The molecule has 0 bridgehead atoms. The largest absolute Gasteiger partial charge is 0.338 e. The van der Waals surface area contributed by atoms with Gasteiger partial charge in [0.1, 0.15) is 0 Å². The molecule has 0 aliphatic carbocycles. The molecule has 2 heterocycles. The van der Waals surface area contributed by atoms with E-state index >= 15 is 0 Å². The average molecular weight is 336 g/mol. The Kier molecular flexibility index (Phi) is 6.43. The maximum absolute atomic E-state index is 11.9. The molecule has 124 valence electrons. The Labute approximate surface area is 141 Å². The van der Waals surface area contributed by atoms with Crippen LogP contribution in [0.3, 0.4) is 0 Å². The molecule has 4 N–H and O–H groups in total. The first-order valence-electron chi connectivity index (χ1n) is 7.66. The highest BCUT2D eigenvalue weighted by molar-refractivity contribution is 5.89. The van der Waals surface area contributed by atoms with Crippen molar-refractivity contribution in [3.8, 4) is 11.1 Å². The molecular formula is C16H22ClN5O. The Morgan fingerprint density at radius 3 is 2.57 bits per heavy atom. The van der Waals surface area contributed by atoms with Crippen molar-refractivity contribution in [3.63, 3.8) is 0 Å². The summed E-state index contributed by atoms with van der Waals surface area (Å²) in [5.74, 6) is 0.579. The number of aromatic nitrogens is 2. The van der Waals surface area contributed by atoms with E-state index in [1.54, 1.807) is 6.20 Å². The number of benzene rings is 1. The second-order valence-electron chi connectivity index (χ2n) is 5.59.